The van der Waals surface area contributed by atoms with Gasteiger partial charge >= 0.3 is 6.03 Å². The molecular weight excluding hydrogens is 268 g/mol. The summed E-state index contributed by atoms with van der Waals surface area (Å²) in [7, 11) is 0. The van der Waals surface area contributed by atoms with Crippen LogP contribution in [0.25, 0.3) is 0 Å². The highest BCUT2D eigenvalue weighted by Gasteiger charge is 2.35. The quantitative estimate of drug-likeness (QED) is 0.639. The first-order chi connectivity index (χ1) is 9.40. The van der Waals surface area contributed by atoms with Crippen molar-refractivity contribution in [2.75, 3.05) is 0 Å². The Kier molecular flexibility index (Phi) is 3.34. The van der Waals surface area contributed by atoms with E-state index in [0.717, 1.165) is 0 Å². The highest BCUT2D eigenvalue weighted by Crippen LogP contribution is 2.28. The van der Waals surface area contributed by atoms with Crippen molar-refractivity contribution in [1.29, 1.82) is 0 Å². The molecule has 9 nitrogen and oxygen atoms in total. The Morgan fingerprint density at radius 1 is 1.20 bits per heavy atom. The maximum Gasteiger partial charge on any atom is 0.320 e. The van der Waals surface area contributed by atoms with Gasteiger partial charge in [-0.05, 0) is 12.5 Å². The fourth-order valence-electron chi connectivity index (χ4n) is 1.99. The van der Waals surface area contributed by atoms with E-state index in [-0.39, 0.29) is 22.6 Å². The third-order valence-corrected chi connectivity index (χ3v) is 2.85. The van der Waals surface area contributed by atoms with Crippen LogP contribution in [-0.2, 0) is 0 Å². The molecule has 104 valence electrons. The lowest BCUT2D eigenvalue weighted by Gasteiger charge is -2.23. The van der Waals surface area contributed by atoms with Crippen molar-refractivity contribution in [3.63, 3.8) is 0 Å². The molecule has 20 heavy (non-hydrogen) atoms. The first kappa shape index (κ1) is 13.5. The molecule has 9 heteroatoms. The van der Waals surface area contributed by atoms with Gasteiger partial charge in [-0.25, -0.2) is 4.79 Å². The Morgan fingerprint density at radius 3 is 2.50 bits per heavy atom. The van der Waals surface area contributed by atoms with Crippen molar-refractivity contribution in [2.45, 2.75) is 13.0 Å². The van der Waals surface area contributed by atoms with E-state index in [1.54, 1.807) is 0 Å². The molecule has 1 aliphatic rings. The molecule has 2 N–H and O–H groups in total. The fourth-order valence-corrected chi connectivity index (χ4v) is 1.99. The number of benzene rings is 1. The van der Waals surface area contributed by atoms with Gasteiger partial charge in [0.1, 0.15) is 6.04 Å². The highest BCUT2D eigenvalue weighted by molar-refractivity contribution is 5.78. The number of urea groups is 1. The van der Waals surface area contributed by atoms with E-state index >= 15 is 0 Å². The van der Waals surface area contributed by atoms with Crippen LogP contribution in [0.1, 0.15) is 18.5 Å². The number of rotatable bonds is 3. The van der Waals surface area contributed by atoms with Crippen LogP contribution in [0.4, 0.5) is 10.5 Å². The Labute approximate surface area is 112 Å². The fraction of sp³-hybridized carbons (Fsp3) is 0.182. The molecule has 0 fully saturated rings. The summed E-state index contributed by atoms with van der Waals surface area (Å²) in [4.78, 5) is 32.0. The molecule has 2 rings (SSSR count). The van der Waals surface area contributed by atoms with Gasteiger partial charge in [0, 0.05) is 12.1 Å². The lowest BCUT2D eigenvalue weighted by atomic mass is 10.0. The lowest BCUT2D eigenvalue weighted by molar-refractivity contribution is -0.432. The van der Waals surface area contributed by atoms with Crippen LogP contribution in [0, 0.1) is 20.2 Å². The van der Waals surface area contributed by atoms with Crippen LogP contribution >= 0.6 is 0 Å². The van der Waals surface area contributed by atoms with Gasteiger partial charge in [0.05, 0.1) is 15.5 Å². The second-order valence-electron chi connectivity index (χ2n) is 4.15. The van der Waals surface area contributed by atoms with Gasteiger partial charge < -0.3 is 10.6 Å². The average molecular weight is 278 g/mol. The zero-order chi connectivity index (χ0) is 14.9. The SMILES string of the molecule is CC1=C([N+](=O)[O-])[C@H](c2cccc([N+](=O)[O-])c2)NC(=O)N1. The van der Waals surface area contributed by atoms with E-state index in [0.29, 0.717) is 0 Å². The summed E-state index contributed by atoms with van der Waals surface area (Å²) in [6.07, 6.45) is 0. The van der Waals surface area contributed by atoms with E-state index in [4.69, 9.17) is 0 Å². The molecule has 0 bridgehead atoms. The Hall–Kier alpha value is -2.97. The Morgan fingerprint density at radius 2 is 1.90 bits per heavy atom. The van der Waals surface area contributed by atoms with Gasteiger partial charge in [-0.3, -0.25) is 20.2 Å². The molecule has 1 aromatic carbocycles. The molecule has 1 atom stereocenters. The number of amides is 2. The van der Waals surface area contributed by atoms with Crippen molar-refractivity contribution in [3.8, 4) is 0 Å². The largest absolute Gasteiger partial charge is 0.321 e. The summed E-state index contributed by atoms with van der Waals surface area (Å²) in [6.45, 7) is 1.40. The van der Waals surface area contributed by atoms with Crippen LogP contribution in [0.15, 0.2) is 35.7 Å². The predicted octanol–water partition coefficient (Wildman–Crippen LogP) is 1.46. The normalized spacial score (nSPS) is 18.2. The Bertz CT molecular complexity index is 639. The summed E-state index contributed by atoms with van der Waals surface area (Å²) in [6, 6.07) is 3.75. The molecule has 1 heterocycles. The summed E-state index contributed by atoms with van der Waals surface area (Å²) in [5.74, 6) is 0. The molecule has 0 radical (unpaired) electrons. The monoisotopic (exact) mass is 278 g/mol. The maximum atomic E-state index is 11.4. The molecule has 1 aromatic rings. The van der Waals surface area contributed by atoms with Crippen molar-refractivity contribution in [2.24, 2.45) is 0 Å². The number of hydrogen-bond acceptors (Lipinski definition) is 5. The van der Waals surface area contributed by atoms with E-state index in [9.17, 15) is 25.0 Å². The minimum Gasteiger partial charge on any atom is -0.321 e. The minimum atomic E-state index is -1.03. The summed E-state index contributed by atoms with van der Waals surface area (Å²) >= 11 is 0. The van der Waals surface area contributed by atoms with Crippen molar-refractivity contribution in [3.05, 3.63) is 61.5 Å². The molecular formula is C11H10N4O5. The average Bonchev–Trinajstić information content (AvgIpc) is 2.37. The van der Waals surface area contributed by atoms with Crippen molar-refractivity contribution < 1.29 is 14.6 Å². The Balaban J connectivity index is 2.51. The summed E-state index contributed by atoms with van der Waals surface area (Å²) in [5, 5.41) is 26.5. The zero-order valence-corrected chi connectivity index (χ0v) is 10.3. The first-order valence-electron chi connectivity index (χ1n) is 5.57. The maximum absolute atomic E-state index is 11.4. The van der Waals surface area contributed by atoms with E-state index < -0.39 is 21.9 Å². The van der Waals surface area contributed by atoms with Gasteiger partial charge in [0.15, 0.2) is 0 Å². The van der Waals surface area contributed by atoms with E-state index in [1.807, 2.05) is 0 Å². The number of nitro benzene ring substituents is 1. The smallest absolute Gasteiger partial charge is 0.320 e. The zero-order valence-electron chi connectivity index (χ0n) is 10.3. The molecule has 0 saturated carbocycles. The molecule has 0 spiro atoms. The van der Waals surface area contributed by atoms with Gasteiger partial charge in [0.2, 0.25) is 0 Å². The topological polar surface area (TPSA) is 127 Å². The van der Waals surface area contributed by atoms with Crippen LogP contribution in [0.2, 0.25) is 0 Å². The summed E-state index contributed by atoms with van der Waals surface area (Å²) in [5.41, 5.74) is -0.0592. The standard InChI is InChI=1S/C11H10N4O5/c1-6-10(15(19)20)9(13-11(16)12-6)7-3-2-4-8(5-7)14(17)18/h2-5,9H,1H3,(H2,12,13,16)/t9-/m0/s1. The lowest BCUT2D eigenvalue weighted by Crippen LogP contribution is -2.45. The second kappa shape index (κ2) is 4.96. The van der Waals surface area contributed by atoms with Crippen LogP contribution < -0.4 is 10.6 Å². The number of nitrogens with zero attached hydrogens (tertiary/aromatic N) is 2. The van der Waals surface area contributed by atoms with Crippen molar-refractivity contribution >= 4 is 11.7 Å². The predicted molar refractivity (Wildman–Crippen MR) is 67.2 cm³/mol. The molecule has 0 aliphatic carbocycles. The number of allylic oxidation sites excluding steroid dienone is 1. The number of non-ortho nitro benzene ring substituents is 1. The number of carbonyl (C=O) groups excluding carboxylic acids is 1. The van der Waals surface area contributed by atoms with Crippen molar-refractivity contribution in [1.82, 2.24) is 10.6 Å². The highest BCUT2D eigenvalue weighted by atomic mass is 16.6. The van der Waals surface area contributed by atoms with Crippen LogP contribution in [0.5, 0.6) is 0 Å². The summed E-state index contributed by atoms with van der Waals surface area (Å²) < 4.78 is 0. The number of carbonyl (C=O) groups is 1. The first-order valence-corrected chi connectivity index (χ1v) is 5.57. The molecule has 1 aliphatic heterocycles. The van der Waals surface area contributed by atoms with Gasteiger partial charge in [-0.15, -0.1) is 0 Å². The third-order valence-electron chi connectivity index (χ3n) is 2.85. The van der Waals surface area contributed by atoms with Crippen LogP contribution in [0.3, 0.4) is 0 Å². The number of nitrogens with one attached hydrogen (secondary N) is 2. The molecule has 0 saturated heterocycles. The van der Waals surface area contributed by atoms with Gasteiger partial charge in [-0.2, -0.15) is 0 Å². The minimum absolute atomic E-state index is 0.107. The third kappa shape index (κ3) is 2.41. The van der Waals surface area contributed by atoms with E-state index in [2.05, 4.69) is 10.6 Å². The van der Waals surface area contributed by atoms with Gasteiger partial charge in [0.25, 0.3) is 11.4 Å². The van der Waals surface area contributed by atoms with Crippen LogP contribution in [-0.4, -0.2) is 15.9 Å². The second-order valence-corrected chi connectivity index (χ2v) is 4.15. The van der Waals surface area contributed by atoms with Gasteiger partial charge in [-0.1, -0.05) is 12.1 Å². The molecule has 2 amide bonds. The number of hydrogen-bond donors (Lipinski definition) is 2. The molecule has 0 unspecified atom stereocenters. The molecule has 0 aromatic heterocycles. The van der Waals surface area contributed by atoms with E-state index in [1.165, 1.54) is 31.2 Å². The number of nitro groups is 2.